The molecule has 0 aliphatic heterocycles. The van der Waals surface area contributed by atoms with E-state index in [2.05, 4.69) is 10.5 Å². The number of rotatable bonds is 5. The molecular weight excluding hydrogens is 325 g/mol. The minimum Gasteiger partial charge on any atom is -0.502 e. The molecule has 0 aromatic heterocycles. The van der Waals surface area contributed by atoms with Crippen molar-refractivity contribution < 1.29 is 27.8 Å². The van der Waals surface area contributed by atoms with Crippen LogP contribution < -0.4 is 14.9 Å². The fourth-order valence-electron chi connectivity index (χ4n) is 1.99. The Morgan fingerprint density at radius 1 is 1.08 bits per heavy atom. The lowest BCUT2D eigenvalue weighted by atomic mass is 10.2. The Morgan fingerprint density at radius 2 is 1.67 bits per heavy atom. The van der Waals surface area contributed by atoms with Crippen LogP contribution in [0.1, 0.15) is 11.1 Å². The number of methoxy groups -OCH3 is 2. The summed E-state index contributed by atoms with van der Waals surface area (Å²) in [5.41, 5.74) is 1.85. The summed E-state index contributed by atoms with van der Waals surface area (Å²) in [6.45, 7) is 0. The number of hydrogen-bond acceptors (Lipinski definition) is 5. The molecule has 8 heteroatoms. The number of nitrogens with one attached hydrogen (secondary N) is 1. The second-order valence-electron chi connectivity index (χ2n) is 4.69. The van der Waals surface area contributed by atoms with Crippen LogP contribution in [0.5, 0.6) is 17.2 Å². The molecule has 0 unspecified atom stereocenters. The maximum atomic E-state index is 12.9. The van der Waals surface area contributed by atoms with Crippen molar-refractivity contribution in [1.29, 1.82) is 0 Å². The topological polar surface area (TPSA) is 63.1 Å². The van der Waals surface area contributed by atoms with E-state index in [0.717, 1.165) is 6.07 Å². The highest BCUT2D eigenvalue weighted by molar-refractivity contribution is 5.83. The zero-order chi connectivity index (χ0) is 17.7. The van der Waals surface area contributed by atoms with Gasteiger partial charge in [-0.05, 0) is 24.3 Å². The van der Waals surface area contributed by atoms with Crippen molar-refractivity contribution >= 4 is 11.9 Å². The van der Waals surface area contributed by atoms with Crippen LogP contribution in [0.3, 0.4) is 0 Å². The largest absolute Gasteiger partial charge is 0.502 e. The predicted octanol–water partition coefficient (Wildman–Crippen LogP) is 3.87. The number of phenolic OH excluding ortho intramolecular Hbond substituents is 1. The lowest BCUT2D eigenvalue weighted by Gasteiger charge is -2.11. The molecule has 0 radical (unpaired) electrons. The molecule has 24 heavy (non-hydrogen) atoms. The van der Waals surface area contributed by atoms with Crippen LogP contribution in [0.25, 0.3) is 0 Å². The molecule has 0 fully saturated rings. The van der Waals surface area contributed by atoms with E-state index in [0.29, 0.717) is 5.56 Å². The summed E-state index contributed by atoms with van der Waals surface area (Å²) >= 11 is 0. The van der Waals surface area contributed by atoms with Gasteiger partial charge in [0.05, 0.1) is 31.7 Å². The van der Waals surface area contributed by atoms with Crippen LogP contribution in [0.4, 0.5) is 18.9 Å². The standard InChI is InChI=1S/C16H15F3N2O3/c1-23-13-7-10(8-14(24-2)15(13)22)9-20-21-12-6-4-3-5-11(12)16(17,18)19/h3-9,21-22H,1-2H3/b20-9+. The molecule has 0 aliphatic rings. The summed E-state index contributed by atoms with van der Waals surface area (Å²) in [5, 5.41) is 13.6. The van der Waals surface area contributed by atoms with Gasteiger partial charge in [-0.2, -0.15) is 18.3 Å². The zero-order valence-electron chi connectivity index (χ0n) is 12.9. The van der Waals surface area contributed by atoms with Gasteiger partial charge in [0.2, 0.25) is 5.75 Å². The number of alkyl halides is 3. The zero-order valence-corrected chi connectivity index (χ0v) is 12.9. The summed E-state index contributed by atoms with van der Waals surface area (Å²) in [7, 11) is 2.74. The Bertz CT molecular complexity index is 721. The number of ether oxygens (including phenoxy) is 2. The molecule has 5 nitrogen and oxygen atoms in total. The number of halogens is 3. The molecule has 0 bridgehead atoms. The molecule has 0 atom stereocenters. The Labute approximate surface area is 136 Å². The van der Waals surface area contributed by atoms with Crippen LogP contribution in [0.2, 0.25) is 0 Å². The van der Waals surface area contributed by atoms with E-state index >= 15 is 0 Å². The van der Waals surface area contributed by atoms with E-state index in [1.54, 1.807) is 0 Å². The minimum absolute atomic E-state index is 0.159. The maximum absolute atomic E-state index is 12.9. The molecule has 0 heterocycles. The fourth-order valence-corrected chi connectivity index (χ4v) is 1.99. The SMILES string of the molecule is COc1cc(/C=N/Nc2ccccc2C(F)(F)F)cc(OC)c1O. The normalized spacial score (nSPS) is 11.5. The third kappa shape index (κ3) is 3.89. The first-order valence-corrected chi connectivity index (χ1v) is 6.77. The number of benzene rings is 2. The van der Waals surface area contributed by atoms with E-state index in [1.165, 1.54) is 50.8 Å². The average Bonchev–Trinajstić information content (AvgIpc) is 2.55. The molecule has 128 valence electrons. The number of anilines is 1. The summed E-state index contributed by atoms with van der Waals surface area (Å²) in [4.78, 5) is 0. The number of para-hydroxylation sites is 1. The Hall–Kier alpha value is -2.90. The van der Waals surface area contributed by atoms with Crippen LogP contribution >= 0.6 is 0 Å². The molecule has 2 rings (SSSR count). The lowest BCUT2D eigenvalue weighted by Crippen LogP contribution is -2.08. The molecule has 0 spiro atoms. The smallest absolute Gasteiger partial charge is 0.418 e. The maximum Gasteiger partial charge on any atom is 0.418 e. The lowest BCUT2D eigenvalue weighted by molar-refractivity contribution is -0.136. The van der Waals surface area contributed by atoms with Gasteiger partial charge in [0.1, 0.15) is 0 Å². The number of hydrazone groups is 1. The van der Waals surface area contributed by atoms with Crippen molar-refractivity contribution in [1.82, 2.24) is 0 Å². The summed E-state index contributed by atoms with van der Waals surface area (Å²) in [5.74, 6) is 0.144. The monoisotopic (exact) mass is 340 g/mol. The van der Waals surface area contributed by atoms with Crippen molar-refractivity contribution in [2.75, 3.05) is 19.6 Å². The predicted molar refractivity (Wildman–Crippen MR) is 83.9 cm³/mol. The highest BCUT2D eigenvalue weighted by atomic mass is 19.4. The first-order valence-electron chi connectivity index (χ1n) is 6.77. The Balaban J connectivity index is 2.25. The number of phenols is 1. The van der Waals surface area contributed by atoms with Crippen molar-refractivity contribution in [3.63, 3.8) is 0 Å². The van der Waals surface area contributed by atoms with E-state index in [9.17, 15) is 18.3 Å². The van der Waals surface area contributed by atoms with E-state index < -0.39 is 11.7 Å². The number of hydrogen-bond donors (Lipinski definition) is 2. The summed E-state index contributed by atoms with van der Waals surface area (Å²) in [6.07, 6.45) is -3.19. The van der Waals surface area contributed by atoms with E-state index in [1.807, 2.05) is 0 Å². The molecule has 0 aliphatic carbocycles. The van der Waals surface area contributed by atoms with Gasteiger partial charge < -0.3 is 14.6 Å². The molecule has 0 saturated heterocycles. The van der Waals surface area contributed by atoms with Crippen molar-refractivity contribution in [2.24, 2.45) is 5.10 Å². The quantitative estimate of drug-likeness (QED) is 0.641. The summed E-state index contributed by atoms with van der Waals surface area (Å²) in [6, 6.07) is 7.95. The molecule has 0 amide bonds. The van der Waals surface area contributed by atoms with E-state index in [-0.39, 0.29) is 22.9 Å². The van der Waals surface area contributed by atoms with Crippen molar-refractivity contribution in [3.8, 4) is 17.2 Å². The van der Waals surface area contributed by atoms with Crippen molar-refractivity contribution in [3.05, 3.63) is 47.5 Å². The van der Waals surface area contributed by atoms with Crippen molar-refractivity contribution in [2.45, 2.75) is 6.18 Å². The molecule has 2 aromatic rings. The van der Waals surface area contributed by atoms with Gasteiger partial charge in [-0.25, -0.2) is 0 Å². The van der Waals surface area contributed by atoms with Gasteiger partial charge in [0.15, 0.2) is 11.5 Å². The van der Waals surface area contributed by atoms with Gasteiger partial charge in [0.25, 0.3) is 0 Å². The third-order valence-electron chi connectivity index (χ3n) is 3.13. The van der Waals surface area contributed by atoms with Crippen LogP contribution in [-0.2, 0) is 6.18 Å². The first kappa shape index (κ1) is 17.5. The average molecular weight is 340 g/mol. The van der Waals surface area contributed by atoms with E-state index in [4.69, 9.17) is 9.47 Å². The fraction of sp³-hybridized carbons (Fsp3) is 0.188. The Kier molecular flexibility index (Phi) is 5.18. The molecule has 2 N–H and O–H groups in total. The van der Waals surface area contributed by atoms with Crippen LogP contribution in [0.15, 0.2) is 41.5 Å². The van der Waals surface area contributed by atoms with Crippen LogP contribution in [-0.4, -0.2) is 25.5 Å². The molecular formula is C16H15F3N2O3. The summed E-state index contributed by atoms with van der Waals surface area (Å²) < 4.78 is 48.7. The van der Waals surface area contributed by atoms with Gasteiger partial charge >= 0.3 is 6.18 Å². The number of nitrogens with zero attached hydrogens (tertiary/aromatic N) is 1. The highest BCUT2D eigenvalue weighted by Gasteiger charge is 2.33. The van der Waals surface area contributed by atoms with Crippen LogP contribution in [0, 0.1) is 0 Å². The third-order valence-corrected chi connectivity index (χ3v) is 3.13. The van der Waals surface area contributed by atoms with Gasteiger partial charge in [-0.15, -0.1) is 0 Å². The second-order valence-corrected chi connectivity index (χ2v) is 4.69. The number of aromatic hydroxyl groups is 1. The Morgan fingerprint density at radius 3 is 2.21 bits per heavy atom. The molecule has 0 saturated carbocycles. The minimum atomic E-state index is -4.48. The van der Waals surface area contributed by atoms with Gasteiger partial charge in [-0.1, -0.05) is 12.1 Å². The first-order chi connectivity index (χ1) is 11.4. The highest BCUT2D eigenvalue weighted by Crippen LogP contribution is 2.37. The van der Waals surface area contributed by atoms with Gasteiger partial charge in [0, 0.05) is 5.56 Å². The second kappa shape index (κ2) is 7.12. The molecule has 2 aromatic carbocycles. The van der Waals surface area contributed by atoms with Gasteiger partial charge in [-0.3, -0.25) is 5.43 Å².